The van der Waals surface area contributed by atoms with Gasteiger partial charge in [-0.3, -0.25) is 4.98 Å². The van der Waals surface area contributed by atoms with Crippen LogP contribution in [0.2, 0.25) is 0 Å². The molecule has 0 amide bonds. The van der Waals surface area contributed by atoms with Gasteiger partial charge >= 0.3 is 7.12 Å². The molecule has 0 saturated heterocycles. The van der Waals surface area contributed by atoms with E-state index >= 15 is 0 Å². The van der Waals surface area contributed by atoms with Gasteiger partial charge in [-0.15, -0.1) is 0 Å². The highest BCUT2D eigenvalue weighted by Crippen LogP contribution is 1.87. The van der Waals surface area contributed by atoms with Gasteiger partial charge in [-0.1, -0.05) is 0 Å². The van der Waals surface area contributed by atoms with Gasteiger partial charge in [-0.05, 0) is 11.7 Å². The summed E-state index contributed by atoms with van der Waals surface area (Å²) < 4.78 is 12.6. The lowest BCUT2D eigenvalue weighted by molar-refractivity contribution is 0.423. The van der Waals surface area contributed by atoms with Gasteiger partial charge in [-0.25, -0.2) is 4.39 Å². The Bertz CT molecular complexity index is 269. The highest BCUT2D eigenvalue weighted by atomic mass is 19.1. The topological polar surface area (TPSA) is 53.4 Å². The summed E-state index contributed by atoms with van der Waals surface area (Å²) in [7, 11) is 3.32. The van der Waals surface area contributed by atoms with Crippen LogP contribution < -0.4 is 11.1 Å². The maximum Gasteiger partial charge on any atom is 0.491 e. The van der Waals surface area contributed by atoms with E-state index in [0.29, 0.717) is 0 Å². The second-order valence-electron chi connectivity index (χ2n) is 2.00. The van der Waals surface area contributed by atoms with Gasteiger partial charge in [0.05, 0.1) is 6.20 Å². The Morgan fingerprint density at radius 1 is 1.55 bits per heavy atom. The van der Waals surface area contributed by atoms with Crippen molar-refractivity contribution in [3.63, 3.8) is 0 Å². The van der Waals surface area contributed by atoms with Gasteiger partial charge in [0.15, 0.2) is 0 Å². The summed E-state index contributed by atoms with van der Waals surface area (Å²) in [5, 5.41) is 17.1. The van der Waals surface area contributed by atoms with Gasteiger partial charge in [-0.2, -0.15) is 0 Å². The molecule has 0 atom stereocenters. The first-order valence-electron chi connectivity index (χ1n) is 2.88. The average molecular weight is 151 g/mol. The molecule has 1 heterocycles. The van der Waals surface area contributed by atoms with Crippen LogP contribution in [0.4, 0.5) is 4.39 Å². The number of hydrogen-bond donors (Lipinski definition) is 2. The second-order valence-corrected chi connectivity index (χ2v) is 2.00. The van der Waals surface area contributed by atoms with Crippen molar-refractivity contribution in [1.82, 2.24) is 4.98 Å². The minimum absolute atomic E-state index is 0.0505. The first-order chi connectivity index (χ1) is 5.11. The van der Waals surface area contributed by atoms with Gasteiger partial charge in [0.2, 0.25) is 0 Å². The van der Waals surface area contributed by atoms with Crippen LogP contribution in [0.5, 0.6) is 0 Å². The monoisotopic (exact) mass is 151 g/mol. The Hall–Kier alpha value is -0.870. The van der Waals surface area contributed by atoms with Crippen LogP contribution in [0.25, 0.3) is 0 Å². The molecule has 0 aliphatic carbocycles. The molecule has 54 valence electrons. The predicted octanol–water partition coefficient (Wildman–Crippen LogP) is -2.31. The van der Waals surface area contributed by atoms with Crippen molar-refractivity contribution in [2.75, 3.05) is 0 Å². The van der Waals surface area contributed by atoms with Crippen LogP contribution in [-0.2, 0) is 0 Å². The fraction of sp³-hybridized carbons (Fsp3) is 0. The zero-order chi connectivity index (χ0) is 8.43. The van der Waals surface area contributed by atoms with E-state index in [1.54, 1.807) is 0 Å². The Balaban J connectivity index is 3.13. The van der Waals surface area contributed by atoms with Crippen molar-refractivity contribution in [3.8, 4) is 0 Å². The Morgan fingerprint density at radius 3 is 2.64 bits per heavy atom. The second kappa shape index (κ2) is 3.02. The molecule has 3 nitrogen and oxygen atoms in total. The van der Waals surface area contributed by atoms with Crippen molar-refractivity contribution in [2.24, 2.45) is 0 Å². The highest BCUT2D eigenvalue weighted by molar-refractivity contribution is 6.59. The van der Waals surface area contributed by atoms with Gasteiger partial charge < -0.3 is 10.0 Å². The van der Waals surface area contributed by atoms with Gasteiger partial charge in [0.1, 0.15) is 13.7 Å². The summed E-state index contributed by atoms with van der Waals surface area (Å²) in [6, 6.07) is 1.07. The van der Waals surface area contributed by atoms with Crippen LogP contribution in [0.15, 0.2) is 12.3 Å². The molecule has 0 aromatic carbocycles. The fourth-order valence-electron chi connectivity index (χ4n) is 0.669. The molecule has 0 aliphatic rings. The summed E-state index contributed by atoms with van der Waals surface area (Å²) in [6.07, 6.45) is 0.837. The van der Waals surface area contributed by atoms with Crippen molar-refractivity contribution in [2.45, 2.75) is 0 Å². The minimum atomic E-state index is -1.85. The molecular formula is C5H4B2FNO2. The molecule has 2 N–H and O–H groups in total. The minimum Gasteiger partial charge on any atom is -0.423 e. The molecule has 0 unspecified atom stereocenters. The largest absolute Gasteiger partial charge is 0.491 e. The Kier molecular flexibility index (Phi) is 2.26. The summed E-state index contributed by atoms with van der Waals surface area (Å²) in [5.41, 5.74) is -0.216. The first kappa shape index (κ1) is 8.23. The molecule has 0 fully saturated rings. The van der Waals surface area contributed by atoms with E-state index in [9.17, 15) is 4.39 Å². The van der Waals surface area contributed by atoms with E-state index in [1.807, 2.05) is 0 Å². The number of aromatic nitrogens is 1. The summed E-state index contributed by atoms with van der Waals surface area (Å²) in [4.78, 5) is 3.40. The number of pyridine rings is 1. The zero-order valence-electron chi connectivity index (χ0n) is 5.53. The van der Waals surface area contributed by atoms with Crippen LogP contribution in [-0.4, -0.2) is 30.0 Å². The molecule has 2 radical (unpaired) electrons. The van der Waals surface area contributed by atoms with Crippen molar-refractivity contribution < 1.29 is 14.4 Å². The summed E-state index contributed by atoms with van der Waals surface area (Å²) in [5.74, 6) is -0.783. The molecule has 11 heavy (non-hydrogen) atoms. The van der Waals surface area contributed by atoms with E-state index in [4.69, 9.17) is 17.9 Å². The van der Waals surface area contributed by atoms with E-state index in [1.165, 1.54) is 0 Å². The molecule has 0 aliphatic heterocycles. The maximum absolute atomic E-state index is 12.6. The highest BCUT2D eigenvalue weighted by Gasteiger charge is 2.16. The third-order valence-electron chi connectivity index (χ3n) is 1.18. The van der Waals surface area contributed by atoms with E-state index in [2.05, 4.69) is 4.98 Å². The van der Waals surface area contributed by atoms with Crippen molar-refractivity contribution in [1.29, 1.82) is 0 Å². The Labute approximate surface area is 64.4 Å². The molecule has 1 aromatic heterocycles. The molecule has 0 bridgehead atoms. The maximum atomic E-state index is 12.6. The van der Waals surface area contributed by atoms with Crippen LogP contribution >= 0.6 is 0 Å². The van der Waals surface area contributed by atoms with Gasteiger partial charge in [0, 0.05) is 5.46 Å². The quantitative estimate of drug-likeness (QED) is 0.443. The van der Waals surface area contributed by atoms with E-state index < -0.39 is 12.9 Å². The fourth-order valence-corrected chi connectivity index (χ4v) is 0.669. The summed E-state index contributed by atoms with van der Waals surface area (Å²) >= 11 is 0. The van der Waals surface area contributed by atoms with Crippen LogP contribution in [0, 0.1) is 5.82 Å². The molecule has 0 saturated carbocycles. The van der Waals surface area contributed by atoms with Crippen LogP contribution in [0.1, 0.15) is 0 Å². The number of halogens is 1. The van der Waals surface area contributed by atoms with Gasteiger partial charge in [0.25, 0.3) is 0 Å². The lowest BCUT2D eigenvalue weighted by atomic mass is 9.79. The third-order valence-corrected chi connectivity index (χ3v) is 1.18. The van der Waals surface area contributed by atoms with E-state index in [0.717, 1.165) is 12.3 Å². The number of rotatable bonds is 1. The number of nitrogens with zero attached hydrogens (tertiary/aromatic N) is 1. The lowest BCUT2D eigenvalue weighted by Crippen LogP contribution is -2.36. The van der Waals surface area contributed by atoms with E-state index in [-0.39, 0.29) is 11.1 Å². The van der Waals surface area contributed by atoms with Crippen molar-refractivity contribution in [3.05, 3.63) is 18.1 Å². The molecule has 1 rings (SSSR count). The molecule has 6 heteroatoms. The predicted molar refractivity (Wildman–Crippen MR) is 39.4 cm³/mol. The average Bonchev–Trinajstić information content (AvgIpc) is 1.94. The zero-order valence-corrected chi connectivity index (χ0v) is 5.53. The lowest BCUT2D eigenvalue weighted by Gasteiger charge is -2.01. The molecule has 0 spiro atoms. The molecular weight excluding hydrogens is 147 g/mol. The Morgan fingerprint density at radius 2 is 2.18 bits per heavy atom. The third kappa shape index (κ3) is 1.78. The SMILES string of the molecule is [B]c1cc(B(O)O)c(F)cn1. The molecule has 1 aromatic rings. The van der Waals surface area contributed by atoms with Crippen molar-refractivity contribution >= 4 is 26.0 Å². The summed E-state index contributed by atoms with van der Waals surface area (Å²) in [6.45, 7) is 0. The smallest absolute Gasteiger partial charge is 0.423 e. The first-order valence-corrected chi connectivity index (χ1v) is 2.88. The standard InChI is InChI=1S/C5H4B2FNO2/c6-5-1-3(7(10)11)4(8)2-9-5/h1-2,10-11H. The number of hydrogen-bond acceptors (Lipinski definition) is 3. The van der Waals surface area contributed by atoms with Crippen LogP contribution in [0.3, 0.4) is 0 Å². The normalized spacial score (nSPS) is 9.73.